The SMILES string of the molecule is CCN1C(=CC2C(=O)C(=CC3=[N+](CCCCCC(=O)O)c4c(ccc5ccccc45)C3(C)C)C2[O-])C(C)(C)c2ccc3ccccc3c21. The van der Waals surface area contributed by atoms with Gasteiger partial charge in [0.1, 0.15) is 6.54 Å². The second-order valence-corrected chi connectivity index (χ2v) is 14.6. The van der Waals surface area contributed by atoms with Gasteiger partial charge in [-0.2, -0.15) is 4.58 Å². The monoisotopic (exact) mass is 640 g/mol. The van der Waals surface area contributed by atoms with E-state index in [0.29, 0.717) is 18.5 Å². The molecule has 246 valence electrons. The number of rotatable bonds is 9. The molecule has 0 spiro atoms. The Labute approximate surface area is 282 Å². The van der Waals surface area contributed by atoms with Crippen LogP contribution in [0.2, 0.25) is 0 Å². The number of nitrogens with zero attached hydrogens (tertiary/aromatic N) is 2. The second-order valence-electron chi connectivity index (χ2n) is 14.6. The Morgan fingerprint density at radius 2 is 1.52 bits per heavy atom. The number of carbonyl (C=O) groups excluding carboxylic acids is 1. The summed E-state index contributed by atoms with van der Waals surface area (Å²) in [4.78, 5) is 27.4. The largest absolute Gasteiger partial charge is 0.848 e. The molecule has 0 amide bonds. The van der Waals surface area contributed by atoms with Crippen LogP contribution < -0.4 is 10.0 Å². The lowest BCUT2D eigenvalue weighted by Gasteiger charge is -2.43. The number of anilines is 1. The smallest absolute Gasteiger partial charge is 0.303 e. The highest BCUT2D eigenvalue weighted by molar-refractivity contribution is 6.15. The van der Waals surface area contributed by atoms with Gasteiger partial charge in [-0.05, 0) is 61.6 Å². The Bertz CT molecular complexity index is 2080. The minimum atomic E-state index is -1.15. The first kappa shape index (κ1) is 32.0. The van der Waals surface area contributed by atoms with Gasteiger partial charge in [0.2, 0.25) is 5.69 Å². The van der Waals surface area contributed by atoms with E-state index in [0.717, 1.165) is 47.3 Å². The number of carbonyl (C=O) groups is 2. The molecule has 0 aromatic heterocycles. The van der Waals surface area contributed by atoms with Crippen LogP contribution in [-0.4, -0.2) is 46.3 Å². The van der Waals surface area contributed by atoms with Crippen LogP contribution >= 0.6 is 0 Å². The molecule has 48 heavy (non-hydrogen) atoms. The average Bonchev–Trinajstić information content (AvgIpc) is 3.43. The first-order valence-electron chi connectivity index (χ1n) is 17.3. The fraction of sp³-hybridized carbons (Fsp3) is 0.357. The Morgan fingerprint density at radius 1 is 0.875 bits per heavy atom. The summed E-state index contributed by atoms with van der Waals surface area (Å²) in [6.07, 6.45) is 5.06. The first-order valence-corrected chi connectivity index (χ1v) is 17.3. The molecule has 1 aliphatic carbocycles. The first-order chi connectivity index (χ1) is 23.0. The third kappa shape index (κ3) is 4.92. The molecular formula is C42H44N2O4. The number of likely N-dealkylation sites (N-methyl/N-ethyl adjacent to an activating group) is 1. The van der Waals surface area contributed by atoms with E-state index in [1.54, 1.807) is 0 Å². The van der Waals surface area contributed by atoms with Gasteiger partial charge in [-0.1, -0.05) is 92.8 Å². The van der Waals surface area contributed by atoms with Gasteiger partial charge >= 0.3 is 5.97 Å². The van der Waals surface area contributed by atoms with E-state index in [1.165, 1.54) is 27.6 Å². The number of fused-ring (bicyclic) bond motifs is 6. The van der Waals surface area contributed by atoms with Crippen LogP contribution in [0.4, 0.5) is 11.4 Å². The molecule has 2 aliphatic heterocycles. The Morgan fingerprint density at radius 3 is 2.19 bits per heavy atom. The summed E-state index contributed by atoms with van der Waals surface area (Å²) < 4.78 is 2.29. The number of aliphatic carboxylic acids is 1. The molecule has 1 saturated carbocycles. The molecule has 6 heteroatoms. The summed E-state index contributed by atoms with van der Waals surface area (Å²) in [7, 11) is 0. The van der Waals surface area contributed by atoms with Crippen molar-refractivity contribution in [3.8, 4) is 0 Å². The van der Waals surface area contributed by atoms with Gasteiger partial charge in [-0.15, -0.1) is 0 Å². The maximum atomic E-state index is 14.0. The lowest BCUT2D eigenvalue weighted by Crippen LogP contribution is -2.53. The third-order valence-electron chi connectivity index (χ3n) is 11.0. The molecule has 3 aliphatic rings. The van der Waals surface area contributed by atoms with Crippen LogP contribution in [0.5, 0.6) is 0 Å². The summed E-state index contributed by atoms with van der Waals surface area (Å²) in [5, 5.41) is 27.8. The third-order valence-corrected chi connectivity index (χ3v) is 11.0. The molecule has 0 radical (unpaired) electrons. The van der Waals surface area contributed by atoms with Crippen LogP contribution in [-0.2, 0) is 20.4 Å². The van der Waals surface area contributed by atoms with Crippen molar-refractivity contribution < 1.29 is 24.4 Å². The highest BCUT2D eigenvalue weighted by atomic mass is 16.4. The van der Waals surface area contributed by atoms with Gasteiger partial charge in [0.25, 0.3) is 0 Å². The van der Waals surface area contributed by atoms with E-state index in [4.69, 9.17) is 5.11 Å². The summed E-state index contributed by atoms with van der Waals surface area (Å²) >= 11 is 0. The maximum absolute atomic E-state index is 14.0. The maximum Gasteiger partial charge on any atom is 0.303 e. The van der Waals surface area contributed by atoms with Crippen molar-refractivity contribution in [2.75, 3.05) is 18.0 Å². The van der Waals surface area contributed by atoms with Gasteiger partial charge in [0.05, 0.1) is 16.5 Å². The zero-order valence-corrected chi connectivity index (χ0v) is 28.5. The fourth-order valence-corrected chi connectivity index (χ4v) is 8.33. The van der Waals surface area contributed by atoms with Crippen molar-refractivity contribution in [2.45, 2.75) is 77.2 Å². The molecule has 4 aromatic carbocycles. The number of carboxylic acids is 1. The number of allylic oxidation sites excluding steroid dienone is 2. The van der Waals surface area contributed by atoms with Gasteiger partial charge in [0.15, 0.2) is 11.5 Å². The van der Waals surface area contributed by atoms with E-state index in [-0.39, 0.29) is 17.6 Å². The number of hydrogen-bond acceptors (Lipinski definition) is 4. The predicted molar refractivity (Wildman–Crippen MR) is 191 cm³/mol. The van der Waals surface area contributed by atoms with E-state index in [1.807, 2.05) is 24.3 Å². The van der Waals surface area contributed by atoms with E-state index < -0.39 is 23.4 Å². The number of benzene rings is 4. The summed E-state index contributed by atoms with van der Waals surface area (Å²) in [5.41, 5.74) is 6.21. The van der Waals surface area contributed by atoms with Crippen molar-refractivity contribution in [3.63, 3.8) is 0 Å². The summed E-state index contributed by atoms with van der Waals surface area (Å²) in [6, 6.07) is 25.4. The van der Waals surface area contributed by atoms with Crippen LogP contribution in [0.3, 0.4) is 0 Å². The van der Waals surface area contributed by atoms with Gasteiger partial charge in [-0.25, -0.2) is 0 Å². The predicted octanol–water partition coefficient (Wildman–Crippen LogP) is 7.57. The molecule has 2 heterocycles. The molecule has 7 rings (SSSR count). The summed E-state index contributed by atoms with van der Waals surface area (Å²) in [5.74, 6) is -1.60. The Balaban J connectivity index is 1.26. The average molecular weight is 641 g/mol. The van der Waals surface area contributed by atoms with Crippen LogP contribution in [0, 0.1) is 5.92 Å². The standard InChI is InChI=1S/C42H44N2O4/c1-6-43-34(41(2,3)32-21-19-26-14-9-11-16-28(26)37(32)43)24-30-39(47)31(40(30)48)25-35-42(4,5)33-22-20-27-15-10-12-17-29(27)38(33)44(35)23-13-7-8-18-36(45)46/h9-12,14-17,19-22,24-25,30,39H,6-8,13,18,23H2,1-5H3,(H,45,46). The number of Topliss-reactive ketones (excluding diaryl/α,β-unsaturated/α-hetero) is 1. The van der Waals surface area contributed by atoms with Crippen LogP contribution in [0.1, 0.15) is 71.4 Å². The van der Waals surface area contributed by atoms with Crippen LogP contribution in [0.25, 0.3) is 21.5 Å². The van der Waals surface area contributed by atoms with Gasteiger partial charge in [0, 0.05) is 53.4 Å². The highest BCUT2D eigenvalue weighted by Gasteiger charge is 2.48. The van der Waals surface area contributed by atoms with E-state index in [9.17, 15) is 14.7 Å². The van der Waals surface area contributed by atoms with Gasteiger partial charge < -0.3 is 15.1 Å². The van der Waals surface area contributed by atoms with Crippen molar-refractivity contribution in [3.05, 3.63) is 107 Å². The molecule has 1 fully saturated rings. The molecular weight excluding hydrogens is 596 g/mol. The minimum absolute atomic E-state index is 0.0966. The topological polar surface area (TPSA) is 83.7 Å². The molecule has 0 saturated heterocycles. The number of carboxylic acid groups (broad SMARTS) is 1. The number of ketones is 1. The fourth-order valence-electron chi connectivity index (χ4n) is 8.33. The van der Waals surface area contributed by atoms with E-state index >= 15 is 0 Å². The van der Waals surface area contributed by atoms with Crippen LogP contribution in [0.15, 0.2) is 96.2 Å². The lowest BCUT2D eigenvalue weighted by molar-refractivity contribution is -0.437. The molecule has 2 unspecified atom stereocenters. The minimum Gasteiger partial charge on any atom is -0.848 e. The Hall–Kier alpha value is -4.55. The van der Waals surface area contributed by atoms with Crippen molar-refractivity contribution in [1.29, 1.82) is 0 Å². The van der Waals surface area contributed by atoms with Crippen molar-refractivity contribution in [1.82, 2.24) is 0 Å². The zero-order valence-electron chi connectivity index (χ0n) is 28.5. The second kappa shape index (κ2) is 11.9. The highest BCUT2D eigenvalue weighted by Crippen LogP contribution is 2.52. The van der Waals surface area contributed by atoms with Crippen molar-refractivity contribution >= 4 is 50.4 Å². The van der Waals surface area contributed by atoms with E-state index in [2.05, 4.69) is 105 Å². The Kier molecular flexibility index (Phi) is 7.91. The summed E-state index contributed by atoms with van der Waals surface area (Å²) in [6.45, 7) is 12.3. The molecule has 6 nitrogen and oxygen atoms in total. The lowest BCUT2D eigenvalue weighted by atomic mass is 9.71. The van der Waals surface area contributed by atoms with Crippen molar-refractivity contribution in [2.24, 2.45) is 5.92 Å². The molecule has 0 bridgehead atoms. The number of hydrogen-bond donors (Lipinski definition) is 1. The zero-order chi connectivity index (χ0) is 34.0. The number of unbranched alkanes of at least 4 members (excludes halogenated alkanes) is 2. The quantitative estimate of drug-likeness (QED) is 0.116. The molecule has 1 N–H and O–H groups in total. The van der Waals surface area contributed by atoms with Gasteiger partial charge in [-0.3, -0.25) is 9.59 Å². The molecule has 4 aromatic rings. The normalized spacial score (nSPS) is 22.5. The molecule has 2 atom stereocenters.